The highest BCUT2D eigenvalue weighted by Crippen LogP contribution is 2.26. The van der Waals surface area contributed by atoms with Gasteiger partial charge in [-0.15, -0.1) is 0 Å². The fourth-order valence-electron chi connectivity index (χ4n) is 2.84. The Bertz CT molecular complexity index is 886. The third kappa shape index (κ3) is 3.25. The van der Waals surface area contributed by atoms with Gasteiger partial charge in [0.05, 0.1) is 7.11 Å². The van der Waals surface area contributed by atoms with Crippen LogP contribution in [-0.2, 0) is 6.42 Å². The first kappa shape index (κ1) is 16.1. The van der Waals surface area contributed by atoms with Gasteiger partial charge in [0.15, 0.2) is 0 Å². The van der Waals surface area contributed by atoms with Crippen molar-refractivity contribution < 1.29 is 13.9 Å². The first-order valence-corrected chi connectivity index (χ1v) is 7.77. The molecule has 2 aromatic carbocycles. The Morgan fingerprint density at radius 3 is 2.83 bits per heavy atom. The minimum atomic E-state index is -0.415. The smallest absolute Gasteiger partial charge is 0.251 e. The van der Waals surface area contributed by atoms with Crippen LogP contribution in [0, 0.1) is 12.7 Å². The van der Waals surface area contributed by atoms with Crippen molar-refractivity contribution in [2.75, 3.05) is 13.7 Å². The molecule has 0 radical (unpaired) electrons. The van der Waals surface area contributed by atoms with Crippen LogP contribution in [0.5, 0.6) is 5.75 Å². The molecule has 3 aromatic rings. The molecule has 0 saturated heterocycles. The van der Waals surface area contributed by atoms with E-state index in [0.717, 1.165) is 27.9 Å². The highest BCUT2D eigenvalue weighted by Gasteiger charge is 2.11. The van der Waals surface area contributed by atoms with Crippen molar-refractivity contribution in [2.24, 2.45) is 0 Å². The van der Waals surface area contributed by atoms with Gasteiger partial charge in [0.1, 0.15) is 11.6 Å². The molecule has 5 heteroatoms. The van der Waals surface area contributed by atoms with Crippen LogP contribution in [0.25, 0.3) is 10.9 Å². The molecule has 0 aliphatic rings. The van der Waals surface area contributed by atoms with Crippen molar-refractivity contribution in [3.8, 4) is 5.75 Å². The molecule has 0 fully saturated rings. The monoisotopic (exact) mass is 326 g/mol. The summed E-state index contributed by atoms with van der Waals surface area (Å²) >= 11 is 0. The molecule has 0 saturated carbocycles. The number of aryl methyl sites for hydroxylation is 1. The van der Waals surface area contributed by atoms with E-state index in [4.69, 9.17) is 4.74 Å². The second-order valence-corrected chi connectivity index (χ2v) is 5.66. The van der Waals surface area contributed by atoms with Crippen molar-refractivity contribution in [3.05, 3.63) is 65.1 Å². The van der Waals surface area contributed by atoms with Gasteiger partial charge in [-0.1, -0.05) is 6.07 Å². The Kier molecular flexibility index (Phi) is 4.51. The summed E-state index contributed by atoms with van der Waals surface area (Å²) in [7, 11) is 1.64. The number of nitrogens with one attached hydrogen (secondary N) is 2. The van der Waals surface area contributed by atoms with Crippen LogP contribution in [0.15, 0.2) is 42.5 Å². The molecule has 24 heavy (non-hydrogen) atoms. The molecule has 1 heterocycles. The van der Waals surface area contributed by atoms with Gasteiger partial charge in [-0.25, -0.2) is 4.39 Å². The summed E-state index contributed by atoms with van der Waals surface area (Å²) in [6.45, 7) is 2.48. The summed E-state index contributed by atoms with van der Waals surface area (Å²) < 4.78 is 18.5. The highest BCUT2D eigenvalue weighted by molar-refractivity contribution is 5.94. The number of H-pyrrole nitrogens is 1. The summed E-state index contributed by atoms with van der Waals surface area (Å²) in [6.07, 6.45) is 0.681. The molecule has 4 nitrogen and oxygen atoms in total. The topological polar surface area (TPSA) is 54.1 Å². The van der Waals surface area contributed by atoms with Gasteiger partial charge in [0.2, 0.25) is 0 Å². The number of halogens is 1. The van der Waals surface area contributed by atoms with Crippen LogP contribution < -0.4 is 10.1 Å². The third-order valence-corrected chi connectivity index (χ3v) is 4.07. The maximum atomic E-state index is 13.2. The number of hydrogen-bond donors (Lipinski definition) is 2. The van der Waals surface area contributed by atoms with Gasteiger partial charge in [-0.2, -0.15) is 0 Å². The van der Waals surface area contributed by atoms with Gasteiger partial charge in [-0.05, 0) is 55.3 Å². The van der Waals surface area contributed by atoms with Gasteiger partial charge in [0, 0.05) is 28.7 Å². The molecular formula is C19H19FN2O2. The van der Waals surface area contributed by atoms with Crippen molar-refractivity contribution in [3.63, 3.8) is 0 Å². The summed E-state index contributed by atoms with van der Waals surface area (Å²) in [5, 5.41) is 3.92. The zero-order valence-corrected chi connectivity index (χ0v) is 13.7. The van der Waals surface area contributed by atoms with Gasteiger partial charge < -0.3 is 15.0 Å². The van der Waals surface area contributed by atoms with Gasteiger partial charge >= 0.3 is 0 Å². The largest absolute Gasteiger partial charge is 0.497 e. The van der Waals surface area contributed by atoms with Crippen molar-refractivity contribution >= 4 is 16.8 Å². The number of aromatic nitrogens is 1. The predicted molar refractivity (Wildman–Crippen MR) is 92.0 cm³/mol. The fraction of sp³-hybridized carbons (Fsp3) is 0.211. The second kappa shape index (κ2) is 6.74. The first-order chi connectivity index (χ1) is 11.6. The molecule has 2 N–H and O–H groups in total. The molecule has 0 atom stereocenters. The molecule has 0 aliphatic carbocycles. The average molecular weight is 326 g/mol. The zero-order valence-electron chi connectivity index (χ0n) is 13.7. The minimum absolute atomic E-state index is 0.274. The van der Waals surface area contributed by atoms with Crippen LogP contribution in [0.4, 0.5) is 4.39 Å². The average Bonchev–Trinajstić information content (AvgIpc) is 2.89. The van der Waals surface area contributed by atoms with E-state index in [1.165, 1.54) is 18.2 Å². The number of ether oxygens (including phenoxy) is 1. The molecule has 0 spiro atoms. The molecule has 0 aliphatic heterocycles. The summed E-state index contributed by atoms with van der Waals surface area (Å²) in [5.41, 5.74) is 3.58. The van der Waals surface area contributed by atoms with Crippen LogP contribution in [-0.4, -0.2) is 24.5 Å². The zero-order chi connectivity index (χ0) is 17.1. The number of amides is 1. The van der Waals surface area contributed by atoms with E-state index in [1.807, 2.05) is 25.1 Å². The Balaban J connectivity index is 1.71. The van der Waals surface area contributed by atoms with Crippen LogP contribution in [0.3, 0.4) is 0 Å². The quantitative estimate of drug-likeness (QED) is 0.753. The Hall–Kier alpha value is -2.82. The van der Waals surface area contributed by atoms with Gasteiger partial charge in [0.25, 0.3) is 5.91 Å². The Labute approximate surface area is 139 Å². The lowest BCUT2D eigenvalue weighted by Crippen LogP contribution is -2.25. The number of rotatable bonds is 5. The number of hydrogen-bond acceptors (Lipinski definition) is 2. The minimum Gasteiger partial charge on any atom is -0.497 e. The number of aromatic amines is 1. The van der Waals surface area contributed by atoms with Crippen molar-refractivity contribution in [1.29, 1.82) is 0 Å². The molecule has 1 aromatic heterocycles. The van der Waals surface area contributed by atoms with Crippen molar-refractivity contribution in [2.45, 2.75) is 13.3 Å². The summed E-state index contributed by atoms with van der Waals surface area (Å²) in [6, 6.07) is 11.6. The SMILES string of the molecule is COc1ccc2[nH]c(C)c(CCNC(=O)c3cccc(F)c3)c2c1. The highest BCUT2D eigenvalue weighted by atomic mass is 19.1. The number of fused-ring (bicyclic) bond motifs is 1. The maximum absolute atomic E-state index is 13.2. The Morgan fingerprint density at radius 2 is 2.08 bits per heavy atom. The summed E-state index contributed by atoms with van der Waals surface area (Å²) in [5.74, 6) is 0.110. The number of carbonyl (C=O) groups excluding carboxylic acids is 1. The van der Waals surface area contributed by atoms with E-state index in [2.05, 4.69) is 10.3 Å². The van der Waals surface area contributed by atoms with E-state index in [9.17, 15) is 9.18 Å². The normalized spacial score (nSPS) is 10.8. The second-order valence-electron chi connectivity index (χ2n) is 5.66. The maximum Gasteiger partial charge on any atom is 0.251 e. The van der Waals surface area contributed by atoms with Gasteiger partial charge in [-0.3, -0.25) is 4.79 Å². The molecule has 0 bridgehead atoms. The molecule has 124 valence electrons. The first-order valence-electron chi connectivity index (χ1n) is 7.77. The molecule has 1 amide bonds. The predicted octanol–water partition coefficient (Wildman–Crippen LogP) is 3.60. The number of methoxy groups -OCH3 is 1. The van der Waals surface area contributed by atoms with E-state index in [-0.39, 0.29) is 5.91 Å². The van der Waals surface area contributed by atoms with E-state index < -0.39 is 5.82 Å². The molecule has 0 unspecified atom stereocenters. The van der Waals surface area contributed by atoms with Crippen LogP contribution in [0.2, 0.25) is 0 Å². The number of carbonyl (C=O) groups is 1. The fourth-order valence-corrected chi connectivity index (χ4v) is 2.84. The van der Waals surface area contributed by atoms with Crippen molar-refractivity contribution in [1.82, 2.24) is 10.3 Å². The molecular weight excluding hydrogens is 307 g/mol. The van der Waals surface area contributed by atoms with E-state index >= 15 is 0 Å². The number of benzene rings is 2. The lowest BCUT2D eigenvalue weighted by molar-refractivity contribution is 0.0953. The lowest BCUT2D eigenvalue weighted by Gasteiger charge is -2.06. The van der Waals surface area contributed by atoms with Crippen LogP contribution in [0.1, 0.15) is 21.6 Å². The molecule has 3 rings (SSSR count). The van der Waals surface area contributed by atoms with Crippen LogP contribution >= 0.6 is 0 Å². The standard InChI is InChI=1S/C19H19FN2O2/c1-12-16(17-11-15(24-2)6-7-18(17)22-12)8-9-21-19(23)13-4-3-5-14(20)10-13/h3-7,10-11,22H,8-9H2,1-2H3,(H,21,23). The summed E-state index contributed by atoms with van der Waals surface area (Å²) in [4.78, 5) is 15.4. The van der Waals surface area contributed by atoms with E-state index in [0.29, 0.717) is 18.5 Å². The Morgan fingerprint density at radius 1 is 1.25 bits per heavy atom. The van der Waals surface area contributed by atoms with E-state index in [1.54, 1.807) is 13.2 Å². The lowest BCUT2D eigenvalue weighted by atomic mass is 10.1. The third-order valence-electron chi connectivity index (χ3n) is 4.07.